The highest BCUT2D eigenvalue weighted by molar-refractivity contribution is 5.27. The first kappa shape index (κ1) is 12.6. The van der Waals surface area contributed by atoms with E-state index < -0.39 is 0 Å². The molecule has 0 amide bonds. The molecular weight excluding hydrogens is 230 g/mol. The normalized spacial score (nSPS) is 10.8. The molecule has 0 fully saturated rings. The fourth-order valence-electron chi connectivity index (χ4n) is 1.55. The number of aromatic nitrogens is 2. The van der Waals surface area contributed by atoms with Crippen molar-refractivity contribution in [2.75, 3.05) is 0 Å². The zero-order valence-electron chi connectivity index (χ0n) is 10.6. The summed E-state index contributed by atoms with van der Waals surface area (Å²) in [5.41, 5.74) is 1.19. The van der Waals surface area contributed by atoms with Gasteiger partial charge in [-0.05, 0) is 31.5 Å². The first-order chi connectivity index (χ1) is 8.74. The Morgan fingerprint density at radius 2 is 2.00 bits per heavy atom. The number of hydrogen-bond donors (Lipinski definition) is 1. The Kier molecular flexibility index (Phi) is 4.30. The van der Waals surface area contributed by atoms with Gasteiger partial charge in [0.25, 0.3) is 0 Å². The first-order valence-electron chi connectivity index (χ1n) is 5.95. The van der Waals surface area contributed by atoms with Crippen LogP contribution >= 0.6 is 0 Å². The van der Waals surface area contributed by atoms with Crippen LogP contribution in [0.5, 0.6) is 5.75 Å². The summed E-state index contributed by atoms with van der Waals surface area (Å²) in [6.45, 7) is 5.39. The Morgan fingerprint density at radius 3 is 2.61 bits per heavy atom. The van der Waals surface area contributed by atoms with Gasteiger partial charge in [-0.2, -0.15) is 4.98 Å². The van der Waals surface area contributed by atoms with E-state index in [1.807, 2.05) is 38.1 Å². The van der Waals surface area contributed by atoms with Gasteiger partial charge in [-0.1, -0.05) is 17.3 Å². The SMILES string of the molecule is CC(C)Oc1ccc(CNCc2ncon2)cc1. The zero-order chi connectivity index (χ0) is 12.8. The molecule has 1 N–H and O–H groups in total. The van der Waals surface area contributed by atoms with Crippen LogP contribution in [0.4, 0.5) is 0 Å². The van der Waals surface area contributed by atoms with Crippen molar-refractivity contribution in [2.24, 2.45) is 0 Å². The smallest absolute Gasteiger partial charge is 0.213 e. The molecule has 0 aliphatic carbocycles. The highest BCUT2D eigenvalue weighted by atomic mass is 16.5. The van der Waals surface area contributed by atoms with Crippen LogP contribution in [0.1, 0.15) is 25.2 Å². The maximum absolute atomic E-state index is 5.58. The lowest BCUT2D eigenvalue weighted by Crippen LogP contribution is -2.13. The third-order valence-corrected chi connectivity index (χ3v) is 2.31. The van der Waals surface area contributed by atoms with E-state index in [9.17, 15) is 0 Å². The van der Waals surface area contributed by atoms with Gasteiger partial charge in [0, 0.05) is 6.54 Å². The molecule has 0 radical (unpaired) electrons. The van der Waals surface area contributed by atoms with Crippen molar-refractivity contribution in [3.05, 3.63) is 42.0 Å². The molecular formula is C13H17N3O2. The van der Waals surface area contributed by atoms with Gasteiger partial charge < -0.3 is 14.6 Å². The second-order valence-electron chi connectivity index (χ2n) is 4.26. The summed E-state index contributed by atoms with van der Waals surface area (Å²) in [5.74, 6) is 1.56. The summed E-state index contributed by atoms with van der Waals surface area (Å²) in [6.07, 6.45) is 1.53. The summed E-state index contributed by atoms with van der Waals surface area (Å²) in [4.78, 5) is 3.93. The Bertz CT molecular complexity index is 452. The third-order valence-electron chi connectivity index (χ3n) is 2.31. The number of rotatable bonds is 6. The maximum atomic E-state index is 5.58. The average Bonchev–Trinajstić information content (AvgIpc) is 2.84. The third kappa shape index (κ3) is 3.85. The van der Waals surface area contributed by atoms with E-state index in [1.165, 1.54) is 12.0 Å². The van der Waals surface area contributed by atoms with E-state index in [-0.39, 0.29) is 6.10 Å². The minimum absolute atomic E-state index is 0.201. The van der Waals surface area contributed by atoms with E-state index in [1.54, 1.807) is 0 Å². The molecule has 96 valence electrons. The molecule has 0 saturated carbocycles. The lowest BCUT2D eigenvalue weighted by molar-refractivity contribution is 0.242. The molecule has 0 aliphatic heterocycles. The van der Waals surface area contributed by atoms with E-state index >= 15 is 0 Å². The molecule has 5 nitrogen and oxygen atoms in total. The Balaban J connectivity index is 1.79. The van der Waals surface area contributed by atoms with Crippen molar-refractivity contribution in [2.45, 2.75) is 33.0 Å². The van der Waals surface area contributed by atoms with Crippen molar-refractivity contribution >= 4 is 0 Å². The maximum Gasteiger partial charge on any atom is 0.213 e. The number of ether oxygens (including phenoxy) is 1. The monoisotopic (exact) mass is 247 g/mol. The molecule has 0 unspecified atom stereocenters. The molecule has 0 aliphatic rings. The predicted molar refractivity (Wildman–Crippen MR) is 67.0 cm³/mol. The Labute approximate surface area is 106 Å². The van der Waals surface area contributed by atoms with Crippen LogP contribution in [0, 0.1) is 0 Å². The van der Waals surface area contributed by atoms with Crippen LogP contribution < -0.4 is 10.1 Å². The second kappa shape index (κ2) is 6.16. The quantitative estimate of drug-likeness (QED) is 0.847. The summed E-state index contributed by atoms with van der Waals surface area (Å²) in [5, 5.41) is 6.96. The van der Waals surface area contributed by atoms with Gasteiger partial charge in [-0.15, -0.1) is 0 Å². The van der Waals surface area contributed by atoms with Gasteiger partial charge in [0.1, 0.15) is 5.75 Å². The number of hydrogen-bond acceptors (Lipinski definition) is 5. The molecule has 1 aromatic carbocycles. The minimum atomic E-state index is 0.201. The summed E-state index contributed by atoms with van der Waals surface area (Å²) in [6, 6.07) is 8.04. The lowest BCUT2D eigenvalue weighted by atomic mass is 10.2. The number of nitrogens with zero attached hydrogens (tertiary/aromatic N) is 2. The summed E-state index contributed by atoms with van der Waals surface area (Å²) < 4.78 is 10.2. The molecule has 0 spiro atoms. The molecule has 2 rings (SSSR count). The molecule has 18 heavy (non-hydrogen) atoms. The highest BCUT2D eigenvalue weighted by Crippen LogP contribution is 2.13. The Morgan fingerprint density at radius 1 is 1.22 bits per heavy atom. The van der Waals surface area contributed by atoms with Crippen LogP contribution in [0.2, 0.25) is 0 Å². The van der Waals surface area contributed by atoms with Crippen LogP contribution in [-0.2, 0) is 13.1 Å². The van der Waals surface area contributed by atoms with Crippen molar-refractivity contribution in [1.82, 2.24) is 15.5 Å². The molecule has 5 heteroatoms. The molecule has 0 bridgehead atoms. The predicted octanol–water partition coefficient (Wildman–Crippen LogP) is 2.15. The molecule has 1 heterocycles. The van der Waals surface area contributed by atoms with Gasteiger partial charge in [-0.25, -0.2) is 0 Å². The first-order valence-corrected chi connectivity index (χ1v) is 5.95. The number of benzene rings is 1. The van der Waals surface area contributed by atoms with E-state index in [0.29, 0.717) is 12.4 Å². The lowest BCUT2D eigenvalue weighted by Gasteiger charge is -2.10. The molecule has 0 atom stereocenters. The van der Waals surface area contributed by atoms with Gasteiger partial charge in [0.05, 0.1) is 12.6 Å². The van der Waals surface area contributed by atoms with Crippen LogP contribution in [0.3, 0.4) is 0 Å². The number of nitrogens with one attached hydrogen (secondary N) is 1. The Hall–Kier alpha value is -1.88. The average molecular weight is 247 g/mol. The van der Waals surface area contributed by atoms with Gasteiger partial charge in [0.15, 0.2) is 5.82 Å². The summed E-state index contributed by atoms with van der Waals surface area (Å²) >= 11 is 0. The van der Waals surface area contributed by atoms with Gasteiger partial charge >= 0.3 is 0 Å². The van der Waals surface area contributed by atoms with Gasteiger partial charge in [-0.3, -0.25) is 0 Å². The topological polar surface area (TPSA) is 60.2 Å². The van der Waals surface area contributed by atoms with E-state index in [2.05, 4.69) is 20.0 Å². The van der Waals surface area contributed by atoms with Crippen LogP contribution in [-0.4, -0.2) is 16.2 Å². The highest BCUT2D eigenvalue weighted by Gasteiger charge is 2.00. The van der Waals surface area contributed by atoms with Gasteiger partial charge in [0.2, 0.25) is 6.39 Å². The standard InChI is InChI=1S/C13H17N3O2/c1-10(2)18-12-5-3-11(4-6-12)7-14-8-13-15-9-17-16-13/h3-6,9-10,14H,7-8H2,1-2H3. The zero-order valence-corrected chi connectivity index (χ0v) is 10.6. The van der Waals surface area contributed by atoms with Crippen molar-refractivity contribution in [1.29, 1.82) is 0 Å². The fraction of sp³-hybridized carbons (Fsp3) is 0.385. The molecule has 1 aromatic heterocycles. The molecule has 2 aromatic rings. The van der Waals surface area contributed by atoms with Crippen molar-refractivity contribution in [3.8, 4) is 5.75 Å². The summed E-state index contributed by atoms with van der Waals surface area (Å²) in [7, 11) is 0. The van der Waals surface area contributed by atoms with Crippen molar-refractivity contribution in [3.63, 3.8) is 0 Å². The molecule has 0 saturated heterocycles. The van der Waals surface area contributed by atoms with Crippen LogP contribution in [0.15, 0.2) is 35.2 Å². The fourth-order valence-corrected chi connectivity index (χ4v) is 1.55. The van der Waals surface area contributed by atoms with Crippen molar-refractivity contribution < 1.29 is 9.26 Å². The van der Waals surface area contributed by atoms with E-state index in [4.69, 9.17) is 4.74 Å². The minimum Gasteiger partial charge on any atom is -0.491 e. The van der Waals surface area contributed by atoms with E-state index in [0.717, 1.165) is 12.3 Å². The largest absolute Gasteiger partial charge is 0.491 e. The second-order valence-corrected chi connectivity index (χ2v) is 4.26. The van der Waals surface area contributed by atoms with Crippen LogP contribution in [0.25, 0.3) is 0 Å².